The van der Waals surface area contributed by atoms with Crippen LogP contribution in [-0.2, 0) is 33.9 Å². The van der Waals surface area contributed by atoms with E-state index in [9.17, 15) is 14.4 Å². The van der Waals surface area contributed by atoms with Crippen molar-refractivity contribution >= 4 is 86.5 Å². The van der Waals surface area contributed by atoms with Gasteiger partial charge in [0.05, 0.1) is 4.53 Å². The van der Waals surface area contributed by atoms with Gasteiger partial charge in [-0.05, 0) is 78.3 Å². The Morgan fingerprint density at radius 3 is 2.31 bits per heavy atom. The molecule has 0 atom stereocenters. The van der Waals surface area contributed by atoms with Crippen molar-refractivity contribution in [1.29, 1.82) is 0 Å². The predicted molar refractivity (Wildman–Crippen MR) is 206 cm³/mol. The Hall–Kier alpha value is -4.25. The van der Waals surface area contributed by atoms with E-state index in [-0.39, 0.29) is 24.7 Å². The Morgan fingerprint density at radius 1 is 0.837 bits per heavy atom. The first-order valence-corrected chi connectivity index (χ1v) is 18.8. The molecule has 0 saturated carbocycles. The van der Waals surface area contributed by atoms with Crippen LogP contribution in [0.1, 0.15) is 67.3 Å². The number of hydrogen-bond acceptors (Lipinski definition) is 8. The van der Waals surface area contributed by atoms with Crippen LogP contribution in [0.4, 0.5) is 11.4 Å². The molecule has 1 saturated heterocycles. The Morgan fingerprint density at radius 2 is 1.55 bits per heavy atom. The number of thiazole rings is 1. The lowest BCUT2D eigenvalue weighted by atomic mass is 10.0. The number of unbranched alkanes of at least 4 members (excludes halogenated alkanes) is 3. The minimum Gasteiger partial charge on any atom is -0.446 e. The number of carbonyl (C=O) groups excluding carboxylic acids is 2. The summed E-state index contributed by atoms with van der Waals surface area (Å²) in [6, 6.07) is 23.6. The van der Waals surface area contributed by atoms with E-state index in [1.807, 2.05) is 31.2 Å². The number of anilines is 2. The average Bonchev–Trinajstić information content (AvgIpc) is 3.52. The minimum atomic E-state index is -0.335. The second kappa shape index (κ2) is 16.0. The lowest BCUT2D eigenvalue weighted by Gasteiger charge is -2.27. The van der Waals surface area contributed by atoms with Crippen LogP contribution in [-0.4, -0.2) is 39.3 Å². The van der Waals surface area contributed by atoms with Crippen molar-refractivity contribution < 1.29 is 14.3 Å². The van der Waals surface area contributed by atoms with Crippen molar-refractivity contribution in [2.24, 2.45) is 0 Å². The van der Waals surface area contributed by atoms with E-state index in [1.54, 1.807) is 6.08 Å². The summed E-state index contributed by atoms with van der Waals surface area (Å²) in [6.07, 6.45) is 13.0. The fourth-order valence-corrected chi connectivity index (χ4v) is 8.88. The quantitative estimate of drug-likeness (QED) is 0.0691. The number of benzene rings is 3. The first-order chi connectivity index (χ1) is 23.9. The van der Waals surface area contributed by atoms with E-state index in [1.165, 1.54) is 69.0 Å². The normalized spacial score (nSPS) is 15.9. The van der Waals surface area contributed by atoms with Crippen LogP contribution in [0.2, 0.25) is 0 Å². The van der Waals surface area contributed by atoms with E-state index >= 15 is 0 Å². The number of amides is 1. The molecular weight excluding hydrogens is 671 g/mol. The fourth-order valence-electron chi connectivity index (χ4n) is 6.25. The second-order valence-corrected chi connectivity index (χ2v) is 14.7. The summed E-state index contributed by atoms with van der Waals surface area (Å²) in [6.45, 7) is 5.57. The highest BCUT2D eigenvalue weighted by atomic mass is 32.2. The van der Waals surface area contributed by atoms with Gasteiger partial charge in [-0.25, -0.2) is 0 Å². The van der Waals surface area contributed by atoms with Gasteiger partial charge >= 0.3 is 0 Å². The SMILES string of the molecule is CCCCCCN1c2ccccc2CCc2cc(/C=C/c3ccc(/C=c4/s/c(=C5/SC(=S)N(CC)C5=O)n(COC=O)c4=O)cc3)ccc21. The summed E-state index contributed by atoms with van der Waals surface area (Å²) in [5, 5.41) is 0. The Labute approximate surface area is 300 Å². The number of aryl methyl sites for hydroxylation is 2. The highest BCUT2D eigenvalue weighted by Gasteiger charge is 2.33. The van der Waals surface area contributed by atoms with Gasteiger partial charge in [0.1, 0.15) is 13.9 Å². The second-order valence-electron chi connectivity index (χ2n) is 12.0. The van der Waals surface area contributed by atoms with Crippen LogP contribution >= 0.6 is 35.3 Å². The van der Waals surface area contributed by atoms with E-state index < -0.39 is 0 Å². The smallest absolute Gasteiger partial charge is 0.294 e. The monoisotopic (exact) mass is 709 g/mol. The van der Waals surface area contributed by atoms with Crippen LogP contribution in [0.25, 0.3) is 23.1 Å². The van der Waals surface area contributed by atoms with Crippen molar-refractivity contribution in [3.63, 3.8) is 0 Å². The third kappa shape index (κ3) is 7.66. The standard InChI is InChI=1S/C39H39N3O4S3/c1-3-5-6-9-22-41-32-11-8-7-10-30(32)19-20-31-23-28(18-21-33(31)41)15-12-27-13-16-29(17-14-27)24-34-36(44)42(25-46-26-43)38(48-34)35-37(45)40(4-2)39(47)49-35/h7-8,10-18,21,23-24,26H,3-6,9,19-20,22,25H2,1-2H3/b15-12+,34-24+,38-35+. The molecule has 252 valence electrons. The lowest BCUT2D eigenvalue weighted by molar-refractivity contribution is -0.132. The van der Waals surface area contributed by atoms with Crippen LogP contribution in [0.3, 0.4) is 0 Å². The van der Waals surface area contributed by atoms with Crippen LogP contribution in [0.15, 0.2) is 71.5 Å². The summed E-state index contributed by atoms with van der Waals surface area (Å²) in [5.41, 5.74) is 8.14. The predicted octanol–water partition coefficient (Wildman–Crippen LogP) is 6.84. The number of fused-ring (bicyclic) bond motifs is 2. The van der Waals surface area contributed by atoms with Gasteiger partial charge in [0.25, 0.3) is 17.9 Å². The van der Waals surface area contributed by atoms with E-state index in [0.717, 1.165) is 47.8 Å². The number of para-hydroxylation sites is 1. The molecule has 0 N–H and O–H groups in total. The lowest BCUT2D eigenvalue weighted by Crippen LogP contribution is -2.34. The molecule has 1 aromatic heterocycles. The number of nitrogens with zero attached hydrogens (tertiary/aromatic N) is 3. The molecule has 2 aliphatic heterocycles. The van der Waals surface area contributed by atoms with Crippen molar-refractivity contribution in [3.8, 4) is 0 Å². The fraction of sp³-hybridized carbons (Fsp3) is 0.282. The highest BCUT2D eigenvalue weighted by Crippen LogP contribution is 2.37. The maximum Gasteiger partial charge on any atom is 0.294 e. The molecular formula is C39H39N3O4S3. The molecule has 0 aliphatic carbocycles. The van der Waals surface area contributed by atoms with E-state index in [0.29, 0.717) is 25.0 Å². The number of carbonyl (C=O) groups is 2. The summed E-state index contributed by atoms with van der Waals surface area (Å²) in [7, 11) is 0. The van der Waals surface area contributed by atoms with Crippen molar-refractivity contribution in [1.82, 2.24) is 9.47 Å². The zero-order valence-electron chi connectivity index (χ0n) is 27.7. The van der Waals surface area contributed by atoms with Gasteiger partial charge in [-0.3, -0.25) is 23.9 Å². The Kier molecular flexibility index (Phi) is 11.3. The van der Waals surface area contributed by atoms with Crippen LogP contribution in [0, 0.1) is 0 Å². The van der Waals surface area contributed by atoms with Crippen molar-refractivity contribution in [2.45, 2.75) is 59.1 Å². The van der Waals surface area contributed by atoms with Gasteiger partial charge in [0.2, 0.25) is 0 Å². The zero-order chi connectivity index (χ0) is 34.3. The van der Waals surface area contributed by atoms with Gasteiger partial charge in [-0.2, -0.15) is 0 Å². The number of aromatic nitrogens is 1. The molecule has 1 amide bonds. The molecule has 6 rings (SSSR count). The Bertz CT molecular complexity index is 2080. The molecule has 49 heavy (non-hydrogen) atoms. The molecule has 3 aromatic carbocycles. The third-order valence-corrected chi connectivity index (χ3v) is 11.5. The maximum absolute atomic E-state index is 13.4. The van der Waals surface area contributed by atoms with Crippen molar-refractivity contribution in [2.75, 3.05) is 18.0 Å². The third-order valence-electron chi connectivity index (χ3n) is 8.82. The molecule has 0 spiro atoms. The van der Waals surface area contributed by atoms with E-state index in [4.69, 9.17) is 17.0 Å². The van der Waals surface area contributed by atoms with Gasteiger partial charge in [-0.15, -0.1) is 11.3 Å². The first-order valence-electron chi connectivity index (χ1n) is 16.7. The summed E-state index contributed by atoms with van der Waals surface area (Å²) in [4.78, 5) is 41.7. The maximum atomic E-state index is 13.4. The van der Waals surface area contributed by atoms with Gasteiger partial charge in [-0.1, -0.05) is 111 Å². The molecule has 10 heteroatoms. The van der Waals surface area contributed by atoms with Crippen LogP contribution < -0.4 is 19.7 Å². The van der Waals surface area contributed by atoms with Gasteiger partial charge in [0, 0.05) is 24.5 Å². The molecule has 0 radical (unpaired) electrons. The molecule has 0 unspecified atom stereocenters. The summed E-state index contributed by atoms with van der Waals surface area (Å²) >= 11 is 7.72. The minimum absolute atomic E-state index is 0.249. The molecule has 0 bridgehead atoms. The number of thiocarbonyl (C=S) groups is 1. The summed E-state index contributed by atoms with van der Waals surface area (Å²) in [5.74, 6) is -0.249. The molecule has 1 fully saturated rings. The highest BCUT2D eigenvalue weighted by molar-refractivity contribution is 8.30. The largest absolute Gasteiger partial charge is 0.446 e. The molecule has 4 aromatic rings. The summed E-state index contributed by atoms with van der Waals surface area (Å²) < 4.78 is 7.54. The van der Waals surface area contributed by atoms with Crippen molar-refractivity contribution in [3.05, 3.63) is 114 Å². The zero-order valence-corrected chi connectivity index (χ0v) is 30.2. The number of ether oxygens (including phenoxy) is 1. The van der Waals surface area contributed by atoms with E-state index in [2.05, 4.69) is 66.4 Å². The molecule has 2 aliphatic rings. The van der Waals surface area contributed by atoms with Crippen LogP contribution in [0.5, 0.6) is 0 Å². The van der Waals surface area contributed by atoms with Gasteiger partial charge in [0.15, 0.2) is 6.73 Å². The number of rotatable bonds is 12. The topological polar surface area (TPSA) is 71.8 Å². The van der Waals surface area contributed by atoms with Gasteiger partial charge < -0.3 is 9.64 Å². The Balaban J connectivity index is 1.24. The molecule has 3 heterocycles. The number of thioether (sulfide) groups is 1. The first kappa shape index (κ1) is 34.6. The average molecular weight is 710 g/mol. The molecule has 7 nitrogen and oxygen atoms in total. The number of hydrogen-bond donors (Lipinski definition) is 0.